The number of Topliss-reactive ketones (excluding diaryl/α,β-unsaturated/α-hetero) is 1. The van der Waals surface area contributed by atoms with Gasteiger partial charge in [-0.15, -0.1) is 0 Å². The zero-order valence-electron chi connectivity index (χ0n) is 21.5. The van der Waals surface area contributed by atoms with Crippen molar-refractivity contribution in [1.29, 1.82) is 0 Å². The minimum absolute atomic E-state index is 0.00428. The molecule has 9 heteroatoms. The largest absolute Gasteiger partial charge is 0.872 e. The van der Waals surface area contributed by atoms with Crippen molar-refractivity contribution >= 4 is 17.4 Å². The van der Waals surface area contributed by atoms with Crippen LogP contribution in [0.15, 0.2) is 42.0 Å². The molecule has 0 aromatic heterocycles. The Balaban J connectivity index is 2.13. The first-order chi connectivity index (χ1) is 17.1. The molecule has 1 saturated heterocycles. The summed E-state index contributed by atoms with van der Waals surface area (Å²) in [5.41, 5.74) is 0.263. The second kappa shape index (κ2) is 11.4. The minimum atomic E-state index is -0.941. The van der Waals surface area contributed by atoms with Crippen LogP contribution >= 0.6 is 0 Å². The Kier molecular flexibility index (Phi) is 8.57. The van der Waals surface area contributed by atoms with Gasteiger partial charge in [-0.3, -0.25) is 9.59 Å². The van der Waals surface area contributed by atoms with Gasteiger partial charge in [-0.1, -0.05) is 17.9 Å². The molecule has 1 unspecified atom stereocenters. The highest BCUT2D eigenvalue weighted by Gasteiger charge is 2.44. The van der Waals surface area contributed by atoms with Gasteiger partial charge in [0.05, 0.1) is 47.0 Å². The van der Waals surface area contributed by atoms with Crippen molar-refractivity contribution in [3.63, 3.8) is 0 Å². The lowest BCUT2D eigenvalue weighted by Gasteiger charge is -2.28. The van der Waals surface area contributed by atoms with Crippen LogP contribution in [-0.2, 0) is 9.59 Å². The van der Waals surface area contributed by atoms with Gasteiger partial charge in [0.2, 0.25) is 5.78 Å². The SMILES string of the molecule is COc1ccc(C2C(=C([O-])c3ccc(OC(C)C)c(F)c3)C(=O)C(=O)N2CCC[NH+](C)C)cc1OC. The second-order valence-electron chi connectivity index (χ2n) is 9.21. The summed E-state index contributed by atoms with van der Waals surface area (Å²) in [6.45, 7) is 4.57. The number of nitrogens with zero attached hydrogens (tertiary/aromatic N) is 1. The van der Waals surface area contributed by atoms with Gasteiger partial charge < -0.3 is 29.1 Å². The Morgan fingerprint density at radius 1 is 1.06 bits per heavy atom. The topological polar surface area (TPSA) is 92.6 Å². The van der Waals surface area contributed by atoms with Crippen molar-refractivity contribution in [2.45, 2.75) is 32.4 Å². The predicted octanol–water partition coefficient (Wildman–Crippen LogP) is 1.39. The monoisotopic (exact) mass is 500 g/mol. The van der Waals surface area contributed by atoms with Gasteiger partial charge in [-0.05, 0) is 49.2 Å². The smallest absolute Gasteiger partial charge is 0.295 e. The van der Waals surface area contributed by atoms with E-state index in [9.17, 15) is 19.1 Å². The molecule has 0 aliphatic carbocycles. The van der Waals surface area contributed by atoms with Crippen LogP contribution in [0.25, 0.3) is 5.76 Å². The second-order valence-corrected chi connectivity index (χ2v) is 9.21. The Morgan fingerprint density at radius 3 is 2.31 bits per heavy atom. The molecule has 1 atom stereocenters. The van der Waals surface area contributed by atoms with E-state index < -0.39 is 29.3 Å². The summed E-state index contributed by atoms with van der Waals surface area (Å²) in [6.07, 6.45) is 0.374. The summed E-state index contributed by atoms with van der Waals surface area (Å²) in [6, 6.07) is 7.84. The van der Waals surface area contributed by atoms with E-state index in [-0.39, 0.29) is 29.5 Å². The number of ketones is 1. The molecule has 1 aliphatic rings. The normalized spacial score (nSPS) is 17.2. The van der Waals surface area contributed by atoms with E-state index in [1.807, 2.05) is 14.1 Å². The molecule has 8 nitrogen and oxygen atoms in total. The number of nitrogens with one attached hydrogen (secondary N) is 1. The first-order valence-electron chi connectivity index (χ1n) is 11.8. The van der Waals surface area contributed by atoms with Crippen LogP contribution in [0.4, 0.5) is 4.39 Å². The average molecular weight is 501 g/mol. The summed E-state index contributed by atoms with van der Waals surface area (Å²) < 4.78 is 30.8. The summed E-state index contributed by atoms with van der Waals surface area (Å²) in [5, 5.41) is 13.6. The van der Waals surface area contributed by atoms with E-state index >= 15 is 0 Å². The van der Waals surface area contributed by atoms with Crippen LogP contribution < -0.4 is 24.2 Å². The number of rotatable bonds is 10. The highest BCUT2D eigenvalue weighted by Crippen LogP contribution is 2.41. The van der Waals surface area contributed by atoms with Gasteiger partial charge in [-0.25, -0.2) is 4.39 Å². The fourth-order valence-electron chi connectivity index (χ4n) is 4.22. The average Bonchev–Trinajstić information content (AvgIpc) is 3.08. The molecule has 0 spiro atoms. The van der Waals surface area contributed by atoms with Crippen molar-refractivity contribution in [1.82, 2.24) is 4.90 Å². The number of likely N-dealkylation sites (tertiary alicyclic amines) is 1. The van der Waals surface area contributed by atoms with Crippen LogP contribution in [-0.4, -0.2) is 64.1 Å². The third-order valence-corrected chi connectivity index (χ3v) is 5.89. The molecule has 1 fully saturated rings. The van der Waals surface area contributed by atoms with Crippen LogP contribution in [0, 0.1) is 5.82 Å². The van der Waals surface area contributed by atoms with E-state index in [4.69, 9.17) is 14.2 Å². The number of methoxy groups -OCH3 is 2. The number of hydrogen-bond acceptors (Lipinski definition) is 6. The van der Waals surface area contributed by atoms with Gasteiger partial charge in [0, 0.05) is 18.5 Å². The Hall–Kier alpha value is -3.59. The molecule has 194 valence electrons. The van der Waals surface area contributed by atoms with Crippen LogP contribution in [0.3, 0.4) is 0 Å². The maximum absolute atomic E-state index is 14.7. The van der Waals surface area contributed by atoms with Crippen LogP contribution in [0.5, 0.6) is 17.2 Å². The molecule has 0 bridgehead atoms. The number of hydrogen-bond donors (Lipinski definition) is 1. The number of amides is 1. The zero-order chi connectivity index (χ0) is 26.6. The molecule has 36 heavy (non-hydrogen) atoms. The molecule has 1 aliphatic heterocycles. The molecule has 0 radical (unpaired) electrons. The van der Waals surface area contributed by atoms with Crippen molar-refractivity contribution in [3.8, 4) is 17.2 Å². The van der Waals surface area contributed by atoms with Crippen LogP contribution in [0.2, 0.25) is 0 Å². The van der Waals surface area contributed by atoms with Gasteiger partial charge in [0.1, 0.15) is 0 Å². The zero-order valence-corrected chi connectivity index (χ0v) is 21.5. The van der Waals surface area contributed by atoms with E-state index in [1.54, 1.807) is 32.0 Å². The molecule has 3 rings (SSSR count). The van der Waals surface area contributed by atoms with E-state index in [2.05, 4.69) is 0 Å². The molecular weight excluding hydrogens is 467 g/mol. The molecule has 0 saturated carbocycles. The maximum Gasteiger partial charge on any atom is 0.295 e. The lowest BCUT2D eigenvalue weighted by molar-refractivity contribution is -0.858. The first kappa shape index (κ1) is 27.0. The number of benzene rings is 2. The molecule has 2 aromatic carbocycles. The lowest BCUT2D eigenvalue weighted by Crippen LogP contribution is -3.05. The van der Waals surface area contributed by atoms with E-state index in [0.717, 1.165) is 12.6 Å². The predicted molar refractivity (Wildman–Crippen MR) is 130 cm³/mol. The van der Waals surface area contributed by atoms with Crippen molar-refractivity contribution in [2.24, 2.45) is 0 Å². The van der Waals surface area contributed by atoms with Gasteiger partial charge in [-0.2, -0.15) is 0 Å². The number of ether oxygens (including phenoxy) is 3. The van der Waals surface area contributed by atoms with Gasteiger partial charge in [0.25, 0.3) is 5.91 Å². The molecule has 2 aromatic rings. The Labute approximate surface area is 210 Å². The molecular formula is C27H33FN2O6. The van der Waals surface area contributed by atoms with Crippen molar-refractivity contribution < 1.29 is 38.2 Å². The maximum atomic E-state index is 14.7. The fourth-order valence-corrected chi connectivity index (χ4v) is 4.22. The Morgan fingerprint density at radius 2 is 1.72 bits per heavy atom. The first-order valence-corrected chi connectivity index (χ1v) is 11.8. The molecule has 1 heterocycles. The summed E-state index contributed by atoms with van der Waals surface area (Å²) in [5.74, 6) is -2.20. The number of halogens is 1. The van der Waals surface area contributed by atoms with Gasteiger partial charge in [0.15, 0.2) is 23.1 Å². The van der Waals surface area contributed by atoms with Crippen molar-refractivity contribution in [3.05, 3.63) is 58.9 Å². The number of carbonyl (C=O) groups is 2. The van der Waals surface area contributed by atoms with E-state index in [0.29, 0.717) is 23.5 Å². The standard InChI is InChI=1S/C27H33FN2O6/c1-16(2)36-20-10-9-18(14-19(20)28)25(31)23-24(17-8-11-21(34-5)22(15-17)35-6)30(27(33)26(23)32)13-7-12-29(3)4/h8-11,14-16,24,31H,7,12-13H2,1-6H3. The van der Waals surface area contributed by atoms with Gasteiger partial charge >= 0.3 is 0 Å². The third-order valence-electron chi connectivity index (χ3n) is 5.89. The summed E-state index contributed by atoms with van der Waals surface area (Å²) in [4.78, 5) is 28.8. The summed E-state index contributed by atoms with van der Waals surface area (Å²) >= 11 is 0. The third kappa shape index (κ3) is 5.62. The highest BCUT2D eigenvalue weighted by atomic mass is 19.1. The fraction of sp³-hybridized carbons (Fsp3) is 0.407. The number of quaternary nitrogens is 1. The Bertz CT molecular complexity index is 1160. The van der Waals surface area contributed by atoms with E-state index in [1.165, 1.54) is 36.2 Å². The number of carbonyl (C=O) groups excluding carboxylic acids is 2. The lowest BCUT2D eigenvalue weighted by atomic mass is 9.94. The highest BCUT2D eigenvalue weighted by molar-refractivity contribution is 6.46. The minimum Gasteiger partial charge on any atom is -0.872 e. The summed E-state index contributed by atoms with van der Waals surface area (Å²) in [7, 11) is 6.96. The molecule has 1 amide bonds. The van der Waals surface area contributed by atoms with Crippen LogP contribution in [0.1, 0.15) is 37.4 Å². The quantitative estimate of drug-likeness (QED) is 0.301. The molecule has 1 N–H and O–H groups in total. The van der Waals surface area contributed by atoms with Crippen molar-refractivity contribution in [2.75, 3.05) is 41.4 Å².